The molecule has 1 atom stereocenters. The summed E-state index contributed by atoms with van der Waals surface area (Å²) in [6, 6.07) is 12.5. The van der Waals surface area contributed by atoms with Crippen LogP contribution in [0.15, 0.2) is 36.4 Å². The Morgan fingerprint density at radius 1 is 1.00 bits per heavy atom. The van der Waals surface area contributed by atoms with Crippen molar-refractivity contribution in [3.05, 3.63) is 63.1 Å². The van der Waals surface area contributed by atoms with E-state index in [-0.39, 0.29) is 6.04 Å². The quantitative estimate of drug-likeness (QED) is 0.772. The third-order valence-corrected chi connectivity index (χ3v) is 4.58. The predicted molar refractivity (Wildman–Crippen MR) is 87.0 cm³/mol. The lowest BCUT2D eigenvalue weighted by Crippen LogP contribution is -2.08. The van der Waals surface area contributed by atoms with Gasteiger partial charge in [-0.25, -0.2) is 0 Å². The van der Waals surface area contributed by atoms with Crippen LogP contribution in [0.4, 0.5) is 5.69 Å². The van der Waals surface area contributed by atoms with Gasteiger partial charge in [0.2, 0.25) is 0 Å². The normalized spacial score (nSPS) is 14.9. The van der Waals surface area contributed by atoms with Crippen LogP contribution in [-0.4, -0.2) is 0 Å². The smallest absolute Gasteiger partial charge is 0.0723 e. The summed E-state index contributed by atoms with van der Waals surface area (Å²) >= 11 is 12.4. The summed E-state index contributed by atoms with van der Waals surface area (Å²) in [6.07, 6.45) is 3.69. The fourth-order valence-electron chi connectivity index (χ4n) is 2.80. The Balaban J connectivity index is 1.84. The lowest BCUT2D eigenvalue weighted by atomic mass is 10.0. The monoisotopic (exact) mass is 305 g/mol. The second-order valence-corrected chi connectivity index (χ2v) is 6.16. The summed E-state index contributed by atoms with van der Waals surface area (Å²) in [4.78, 5) is 0. The van der Waals surface area contributed by atoms with E-state index in [9.17, 15) is 0 Å². The van der Waals surface area contributed by atoms with Gasteiger partial charge < -0.3 is 5.32 Å². The molecule has 0 amide bonds. The van der Waals surface area contributed by atoms with Crippen molar-refractivity contribution in [2.45, 2.75) is 32.2 Å². The zero-order valence-corrected chi connectivity index (χ0v) is 12.9. The number of halogens is 2. The van der Waals surface area contributed by atoms with Gasteiger partial charge in [0, 0.05) is 6.04 Å². The molecule has 2 aromatic carbocycles. The van der Waals surface area contributed by atoms with E-state index in [1.54, 1.807) is 0 Å². The number of aryl methyl sites for hydroxylation is 2. The van der Waals surface area contributed by atoms with Crippen LogP contribution in [0.5, 0.6) is 0 Å². The molecule has 2 aromatic rings. The maximum Gasteiger partial charge on any atom is 0.0723 e. The average Bonchev–Trinajstić information content (AvgIpc) is 2.90. The van der Waals surface area contributed by atoms with E-state index >= 15 is 0 Å². The van der Waals surface area contributed by atoms with Gasteiger partial charge in [0.25, 0.3) is 0 Å². The number of hydrogen-bond donors (Lipinski definition) is 1. The van der Waals surface area contributed by atoms with E-state index in [4.69, 9.17) is 23.2 Å². The van der Waals surface area contributed by atoms with E-state index in [0.29, 0.717) is 10.0 Å². The van der Waals surface area contributed by atoms with Gasteiger partial charge in [-0.15, -0.1) is 0 Å². The minimum atomic E-state index is 0.179. The highest BCUT2D eigenvalue weighted by Gasteiger charge is 2.15. The molecule has 1 unspecified atom stereocenters. The van der Waals surface area contributed by atoms with Crippen LogP contribution in [0.1, 0.15) is 36.1 Å². The molecule has 0 spiro atoms. The second kappa shape index (κ2) is 5.67. The lowest BCUT2D eigenvalue weighted by molar-refractivity contribution is 0.879. The van der Waals surface area contributed by atoms with Crippen LogP contribution in [-0.2, 0) is 12.8 Å². The summed E-state index contributed by atoms with van der Waals surface area (Å²) in [5.74, 6) is 0. The van der Waals surface area contributed by atoms with Crippen LogP contribution in [0.2, 0.25) is 10.0 Å². The van der Waals surface area contributed by atoms with E-state index in [2.05, 4.69) is 30.4 Å². The number of anilines is 1. The largest absolute Gasteiger partial charge is 0.376 e. The molecule has 1 aliphatic rings. The van der Waals surface area contributed by atoms with Gasteiger partial charge in [-0.1, -0.05) is 47.5 Å². The van der Waals surface area contributed by atoms with Gasteiger partial charge >= 0.3 is 0 Å². The molecule has 0 aromatic heterocycles. The first kappa shape index (κ1) is 13.8. The minimum absolute atomic E-state index is 0.179. The van der Waals surface area contributed by atoms with Crippen molar-refractivity contribution >= 4 is 28.9 Å². The van der Waals surface area contributed by atoms with Gasteiger partial charge in [-0.2, -0.15) is 0 Å². The SMILES string of the molecule is CC(Nc1c(Cl)cccc1Cl)c1ccc2c(c1)CCC2. The first-order chi connectivity index (χ1) is 9.65. The molecule has 1 N–H and O–H groups in total. The maximum absolute atomic E-state index is 6.21. The fourth-order valence-corrected chi connectivity index (χ4v) is 3.30. The molecule has 0 heterocycles. The molecule has 0 saturated heterocycles. The molecule has 3 heteroatoms. The Bertz CT molecular complexity index is 617. The Kier molecular flexibility index (Phi) is 3.91. The molecule has 0 radical (unpaired) electrons. The van der Waals surface area contributed by atoms with Gasteiger partial charge in [-0.05, 0) is 55.0 Å². The van der Waals surface area contributed by atoms with Crippen molar-refractivity contribution in [3.63, 3.8) is 0 Å². The third kappa shape index (κ3) is 2.65. The Hall–Kier alpha value is -1.18. The van der Waals surface area contributed by atoms with Crippen molar-refractivity contribution in [2.24, 2.45) is 0 Å². The molecule has 0 bridgehead atoms. The summed E-state index contributed by atoms with van der Waals surface area (Å²) in [7, 11) is 0. The molecule has 104 valence electrons. The van der Waals surface area contributed by atoms with Gasteiger partial charge in [0.05, 0.1) is 15.7 Å². The predicted octanol–water partition coefficient (Wildman–Crippen LogP) is 5.66. The highest BCUT2D eigenvalue weighted by atomic mass is 35.5. The number of benzene rings is 2. The van der Waals surface area contributed by atoms with Crippen molar-refractivity contribution in [1.29, 1.82) is 0 Å². The van der Waals surface area contributed by atoms with Crippen molar-refractivity contribution in [2.75, 3.05) is 5.32 Å². The van der Waals surface area contributed by atoms with Crippen molar-refractivity contribution < 1.29 is 0 Å². The van der Waals surface area contributed by atoms with Crippen LogP contribution in [0, 0.1) is 0 Å². The van der Waals surface area contributed by atoms with Crippen molar-refractivity contribution in [3.8, 4) is 0 Å². The fraction of sp³-hybridized carbons (Fsp3) is 0.294. The number of rotatable bonds is 3. The molecule has 1 aliphatic carbocycles. The Morgan fingerprint density at radius 2 is 1.70 bits per heavy atom. The van der Waals surface area contributed by atoms with E-state index in [0.717, 1.165) is 5.69 Å². The summed E-state index contributed by atoms with van der Waals surface area (Å²) in [5.41, 5.74) is 5.07. The third-order valence-electron chi connectivity index (χ3n) is 3.95. The molecule has 3 rings (SSSR count). The van der Waals surface area contributed by atoms with Gasteiger partial charge in [-0.3, -0.25) is 0 Å². The topological polar surface area (TPSA) is 12.0 Å². The summed E-state index contributed by atoms with van der Waals surface area (Å²) in [6.45, 7) is 2.14. The van der Waals surface area contributed by atoms with E-state index in [1.807, 2.05) is 18.2 Å². The highest BCUT2D eigenvalue weighted by Crippen LogP contribution is 2.33. The number of para-hydroxylation sites is 1. The van der Waals surface area contributed by atoms with Gasteiger partial charge in [0.1, 0.15) is 0 Å². The van der Waals surface area contributed by atoms with E-state index in [1.165, 1.54) is 36.0 Å². The van der Waals surface area contributed by atoms with Crippen LogP contribution < -0.4 is 5.32 Å². The zero-order valence-electron chi connectivity index (χ0n) is 11.4. The molecule has 0 saturated carbocycles. The molecule has 0 aliphatic heterocycles. The summed E-state index contributed by atoms with van der Waals surface area (Å²) in [5, 5.41) is 4.74. The standard InChI is InChI=1S/C17H17Cl2N/c1-11(20-17-15(18)6-3-7-16(17)19)13-9-8-12-4-2-5-14(12)10-13/h3,6-11,20H,2,4-5H2,1H3. The van der Waals surface area contributed by atoms with Crippen LogP contribution >= 0.6 is 23.2 Å². The zero-order chi connectivity index (χ0) is 14.1. The van der Waals surface area contributed by atoms with Crippen LogP contribution in [0.25, 0.3) is 0 Å². The summed E-state index contributed by atoms with van der Waals surface area (Å²) < 4.78 is 0. The number of hydrogen-bond acceptors (Lipinski definition) is 1. The molecular formula is C17H17Cl2N. The lowest BCUT2D eigenvalue weighted by Gasteiger charge is -2.18. The molecule has 1 nitrogen and oxygen atoms in total. The molecular weight excluding hydrogens is 289 g/mol. The maximum atomic E-state index is 6.21. The Morgan fingerprint density at radius 3 is 2.45 bits per heavy atom. The Labute approximate surface area is 129 Å². The molecule has 20 heavy (non-hydrogen) atoms. The first-order valence-corrected chi connectivity index (χ1v) is 7.73. The van der Waals surface area contributed by atoms with Crippen LogP contribution in [0.3, 0.4) is 0 Å². The number of nitrogens with one attached hydrogen (secondary N) is 1. The second-order valence-electron chi connectivity index (χ2n) is 5.34. The average molecular weight is 306 g/mol. The van der Waals surface area contributed by atoms with E-state index < -0.39 is 0 Å². The highest BCUT2D eigenvalue weighted by molar-refractivity contribution is 6.39. The number of fused-ring (bicyclic) bond motifs is 1. The van der Waals surface area contributed by atoms with Gasteiger partial charge in [0.15, 0.2) is 0 Å². The molecule has 0 fully saturated rings. The minimum Gasteiger partial charge on any atom is -0.376 e. The van der Waals surface area contributed by atoms with Crippen molar-refractivity contribution in [1.82, 2.24) is 0 Å². The first-order valence-electron chi connectivity index (χ1n) is 6.97.